The van der Waals surface area contributed by atoms with Crippen LogP contribution in [0.4, 0.5) is 0 Å². The molecule has 0 unspecified atom stereocenters. The Morgan fingerprint density at radius 3 is 1.88 bits per heavy atom. The van der Waals surface area contributed by atoms with Gasteiger partial charge >= 0.3 is 5.97 Å². The molecule has 0 radical (unpaired) electrons. The lowest BCUT2D eigenvalue weighted by Crippen LogP contribution is -2.12. The van der Waals surface area contributed by atoms with E-state index in [9.17, 15) is 4.79 Å². The van der Waals surface area contributed by atoms with Gasteiger partial charge in [-0.25, -0.2) is 0 Å². The summed E-state index contributed by atoms with van der Waals surface area (Å²) >= 11 is 0. The number of unbranched alkanes of at least 4 members (excludes halogenated alkanes) is 4. The average Bonchev–Trinajstić information content (AvgIpc) is 2.59. The molecule has 0 bridgehead atoms. The molecular formula is C18H36O6. The third kappa shape index (κ3) is 19.4. The molecule has 0 N–H and O–H groups in total. The first-order chi connectivity index (χ1) is 11.8. The van der Waals surface area contributed by atoms with Gasteiger partial charge in [-0.05, 0) is 12.8 Å². The zero-order chi connectivity index (χ0) is 17.7. The minimum Gasteiger partial charge on any atom is -0.466 e. The molecule has 6 heteroatoms. The van der Waals surface area contributed by atoms with Crippen LogP contribution >= 0.6 is 0 Å². The second kappa shape index (κ2) is 20.4. The predicted octanol–water partition coefficient (Wildman–Crippen LogP) is 2.98. The van der Waals surface area contributed by atoms with Crippen LogP contribution in [-0.4, -0.2) is 65.9 Å². The summed E-state index contributed by atoms with van der Waals surface area (Å²) in [7, 11) is 1.64. The van der Waals surface area contributed by atoms with Gasteiger partial charge in [-0.15, -0.1) is 0 Å². The Labute approximate surface area is 147 Å². The zero-order valence-electron chi connectivity index (χ0n) is 15.6. The third-order valence-electron chi connectivity index (χ3n) is 3.36. The smallest absolute Gasteiger partial charge is 0.305 e. The molecule has 0 rings (SSSR count). The molecule has 0 saturated carbocycles. The Hall–Kier alpha value is -0.690. The lowest BCUT2D eigenvalue weighted by Gasteiger charge is -2.07. The second-order valence-corrected chi connectivity index (χ2v) is 5.57. The summed E-state index contributed by atoms with van der Waals surface area (Å²) in [5, 5.41) is 0. The monoisotopic (exact) mass is 348 g/mol. The standard InChI is InChI=1S/C18H36O6/c1-3-4-5-6-7-11-24-18(19)9-8-10-21-14-15-23-17-16-22-13-12-20-2/h3-17H2,1-2H3. The highest BCUT2D eigenvalue weighted by atomic mass is 16.6. The Balaban J connectivity index is 3.11. The van der Waals surface area contributed by atoms with E-state index in [1.165, 1.54) is 19.3 Å². The van der Waals surface area contributed by atoms with Crippen LogP contribution in [0.2, 0.25) is 0 Å². The second-order valence-electron chi connectivity index (χ2n) is 5.57. The summed E-state index contributed by atoms with van der Waals surface area (Å²) < 4.78 is 26.1. The molecule has 0 aliphatic carbocycles. The molecule has 0 aliphatic heterocycles. The summed E-state index contributed by atoms with van der Waals surface area (Å²) in [6.45, 7) is 6.66. The molecule has 0 aliphatic rings. The summed E-state index contributed by atoms with van der Waals surface area (Å²) in [6.07, 6.45) is 6.93. The molecule has 6 nitrogen and oxygen atoms in total. The van der Waals surface area contributed by atoms with Gasteiger partial charge in [0.1, 0.15) is 0 Å². The largest absolute Gasteiger partial charge is 0.466 e. The van der Waals surface area contributed by atoms with Crippen molar-refractivity contribution in [2.45, 2.75) is 51.9 Å². The molecular weight excluding hydrogens is 312 g/mol. The Morgan fingerprint density at radius 1 is 0.667 bits per heavy atom. The fourth-order valence-corrected chi connectivity index (χ4v) is 1.97. The van der Waals surface area contributed by atoms with E-state index in [-0.39, 0.29) is 5.97 Å². The number of rotatable bonds is 19. The number of carbonyl (C=O) groups is 1. The fraction of sp³-hybridized carbons (Fsp3) is 0.944. The Kier molecular flexibility index (Phi) is 19.8. The van der Waals surface area contributed by atoms with E-state index in [1.807, 2.05) is 0 Å². The van der Waals surface area contributed by atoms with Crippen molar-refractivity contribution in [2.75, 3.05) is 60.0 Å². The first kappa shape index (κ1) is 23.3. The SMILES string of the molecule is CCCCCCCOC(=O)CCCOCCOCCOCCOC. The highest BCUT2D eigenvalue weighted by Crippen LogP contribution is 2.03. The predicted molar refractivity (Wildman–Crippen MR) is 93.3 cm³/mol. The molecule has 0 aromatic rings. The zero-order valence-corrected chi connectivity index (χ0v) is 15.6. The highest BCUT2D eigenvalue weighted by molar-refractivity contribution is 5.69. The number of hydrogen-bond donors (Lipinski definition) is 0. The molecule has 0 fully saturated rings. The van der Waals surface area contributed by atoms with Gasteiger partial charge < -0.3 is 23.7 Å². The summed E-state index contributed by atoms with van der Waals surface area (Å²) in [5.41, 5.74) is 0. The van der Waals surface area contributed by atoms with E-state index in [0.29, 0.717) is 65.7 Å². The van der Waals surface area contributed by atoms with Gasteiger partial charge in [0.25, 0.3) is 0 Å². The maximum absolute atomic E-state index is 11.5. The van der Waals surface area contributed by atoms with E-state index < -0.39 is 0 Å². The fourth-order valence-electron chi connectivity index (χ4n) is 1.97. The maximum Gasteiger partial charge on any atom is 0.305 e. The average molecular weight is 348 g/mol. The quantitative estimate of drug-likeness (QED) is 0.264. The van der Waals surface area contributed by atoms with Gasteiger partial charge in [0.2, 0.25) is 0 Å². The van der Waals surface area contributed by atoms with Crippen molar-refractivity contribution in [3.05, 3.63) is 0 Å². The minimum absolute atomic E-state index is 0.126. The van der Waals surface area contributed by atoms with Crippen molar-refractivity contribution in [2.24, 2.45) is 0 Å². The molecule has 0 atom stereocenters. The molecule has 0 saturated heterocycles. The lowest BCUT2D eigenvalue weighted by molar-refractivity contribution is -0.144. The molecule has 0 aromatic heterocycles. The van der Waals surface area contributed by atoms with Crippen LogP contribution in [0.25, 0.3) is 0 Å². The number of carbonyl (C=O) groups excluding carboxylic acids is 1. The first-order valence-electron chi connectivity index (χ1n) is 9.19. The maximum atomic E-state index is 11.5. The molecule has 0 heterocycles. The number of methoxy groups -OCH3 is 1. The highest BCUT2D eigenvalue weighted by Gasteiger charge is 2.02. The summed E-state index contributed by atoms with van der Waals surface area (Å²) in [5.74, 6) is -0.126. The topological polar surface area (TPSA) is 63.2 Å². The minimum atomic E-state index is -0.126. The first-order valence-corrected chi connectivity index (χ1v) is 9.19. The number of esters is 1. The van der Waals surface area contributed by atoms with Crippen LogP contribution in [0.15, 0.2) is 0 Å². The lowest BCUT2D eigenvalue weighted by atomic mass is 10.2. The molecule has 0 spiro atoms. The van der Waals surface area contributed by atoms with Gasteiger partial charge in [0.15, 0.2) is 0 Å². The van der Waals surface area contributed by atoms with Crippen LogP contribution in [0, 0.1) is 0 Å². The summed E-state index contributed by atoms with van der Waals surface area (Å²) in [6, 6.07) is 0. The van der Waals surface area contributed by atoms with Crippen molar-refractivity contribution < 1.29 is 28.5 Å². The van der Waals surface area contributed by atoms with Gasteiger partial charge in [0, 0.05) is 20.1 Å². The van der Waals surface area contributed by atoms with Crippen molar-refractivity contribution in [3.63, 3.8) is 0 Å². The number of hydrogen-bond acceptors (Lipinski definition) is 6. The van der Waals surface area contributed by atoms with Crippen LogP contribution in [-0.2, 0) is 28.5 Å². The molecule has 144 valence electrons. The van der Waals surface area contributed by atoms with Crippen LogP contribution in [0.5, 0.6) is 0 Å². The van der Waals surface area contributed by atoms with Gasteiger partial charge in [-0.2, -0.15) is 0 Å². The van der Waals surface area contributed by atoms with E-state index in [1.54, 1.807) is 7.11 Å². The van der Waals surface area contributed by atoms with E-state index in [0.717, 1.165) is 12.8 Å². The van der Waals surface area contributed by atoms with Crippen molar-refractivity contribution in [1.29, 1.82) is 0 Å². The van der Waals surface area contributed by atoms with Gasteiger partial charge in [-0.3, -0.25) is 4.79 Å². The molecule has 0 aromatic carbocycles. The summed E-state index contributed by atoms with van der Waals surface area (Å²) in [4.78, 5) is 11.5. The van der Waals surface area contributed by atoms with Crippen LogP contribution in [0.3, 0.4) is 0 Å². The van der Waals surface area contributed by atoms with Crippen LogP contribution in [0.1, 0.15) is 51.9 Å². The van der Waals surface area contributed by atoms with Crippen molar-refractivity contribution in [1.82, 2.24) is 0 Å². The van der Waals surface area contributed by atoms with Gasteiger partial charge in [-0.1, -0.05) is 32.6 Å². The van der Waals surface area contributed by atoms with Gasteiger partial charge in [0.05, 0.1) is 46.2 Å². The van der Waals surface area contributed by atoms with Crippen molar-refractivity contribution in [3.8, 4) is 0 Å². The Bertz CT molecular complexity index is 260. The molecule has 24 heavy (non-hydrogen) atoms. The normalized spacial score (nSPS) is 10.9. The molecule has 0 amide bonds. The Morgan fingerprint density at radius 2 is 1.25 bits per heavy atom. The van der Waals surface area contributed by atoms with Crippen molar-refractivity contribution >= 4 is 5.97 Å². The van der Waals surface area contributed by atoms with E-state index in [2.05, 4.69) is 6.92 Å². The third-order valence-corrected chi connectivity index (χ3v) is 3.36. The van der Waals surface area contributed by atoms with E-state index >= 15 is 0 Å². The number of ether oxygens (including phenoxy) is 5. The van der Waals surface area contributed by atoms with Crippen LogP contribution < -0.4 is 0 Å². The van der Waals surface area contributed by atoms with E-state index in [4.69, 9.17) is 23.7 Å².